The molecule has 3 rings (SSSR count). The lowest BCUT2D eigenvalue weighted by atomic mass is 9.88. The summed E-state index contributed by atoms with van der Waals surface area (Å²) < 4.78 is 53.8. The van der Waals surface area contributed by atoms with Crippen LogP contribution >= 0.6 is 19.7 Å². The minimum atomic E-state index is -3.98. The predicted molar refractivity (Wildman–Crippen MR) is 87.2 cm³/mol. The number of nitrogens with zero attached hydrogens (tertiary/aromatic N) is 1. The van der Waals surface area contributed by atoms with Crippen molar-refractivity contribution < 1.29 is 32.1 Å². The largest absolute Gasteiger partial charge is 0.349 e. The Hall–Kier alpha value is -1.79. The van der Waals surface area contributed by atoms with Gasteiger partial charge in [-0.15, -0.1) is 11.3 Å². The van der Waals surface area contributed by atoms with Gasteiger partial charge in [0.05, 0.1) is 5.56 Å². The molecular weight excluding hydrogens is 395 g/mol. The van der Waals surface area contributed by atoms with E-state index in [1.807, 2.05) is 0 Å². The van der Waals surface area contributed by atoms with Gasteiger partial charge < -0.3 is 15.1 Å². The summed E-state index contributed by atoms with van der Waals surface area (Å²) in [6, 6.07) is 4.83. The first kappa shape index (κ1) is 19.0. The Morgan fingerprint density at radius 1 is 1.38 bits per heavy atom. The van der Waals surface area contributed by atoms with Gasteiger partial charge >= 0.3 is 5.66 Å². The third-order valence-electron chi connectivity index (χ3n) is 4.01. The van der Waals surface area contributed by atoms with Crippen LogP contribution in [0.4, 0.5) is 17.6 Å². The highest BCUT2D eigenvalue weighted by molar-refractivity contribution is 7.46. The number of fused-ring (bicyclic) bond motifs is 1. The molecule has 0 saturated heterocycles. The lowest BCUT2D eigenvalue weighted by Gasteiger charge is -2.35. The van der Waals surface area contributed by atoms with E-state index in [1.165, 1.54) is 18.2 Å². The van der Waals surface area contributed by atoms with Gasteiger partial charge in [0.1, 0.15) is 10.9 Å². The van der Waals surface area contributed by atoms with Crippen LogP contribution in [0.1, 0.15) is 33.6 Å². The van der Waals surface area contributed by atoms with Crippen LogP contribution in [0, 0.1) is 11.3 Å². The molecule has 2 aromatic rings. The van der Waals surface area contributed by atoms with Gasteiger partial charge in [0, 0.05) is 34.5 Å². The molecule has 1 fully saturated rings. The van der Waals surface area contributed by atoms with E-state index < -0.39 is 55.2 Å². The highest BCUT2D eigenvalue weighted by Gasteiger charge is 2.46. The number of carbonyl (C=O) groups excluding carboxylic acids is 1. The summed E-state index contributed by atoms with van der Waals surface area (Å²) in [6.07, 6.45) is -0.925. The number of carbonyl (C=O) groups is 1. The molecule has 3 N–H and O–H groups in total. The number of halogens is 4. The molecule has 26 heavy (non-hydrogen) atoms. The molecule has 0 spiro atoms. The molecule has 1 aromatic carbocycles. The first-order chi connectivity index (χ1) is 12.0. The fraction of sp³-hybridized carbons (Fsp3) is 0.333. The second-order valence-electron chi connectivity index (χ2n) is 5.89. The van der Waals surface area contributed by atoms with Crippen LogP contribution in [0.3, 0.4) is 0 Å². The van der Waals surface area contributed by atoms with Gasteiger partial charge in [-0.05, 0) is 18.2 Å². The van der Waals surface area contributed by atoms with Crippen molar-refractivity contribution in [2.75, 3.05) is 0 Å². The molecule has 0 atom stereocenters. The van der Waals surface area contributed by atoms with Gasteiger partial charge in [0.2, 0.25) is 8.38 Å². The van der Waals surface area contributed by atoms with E-state index in [0.29, 0.717) is 11.3 Å². The Morgan fingerprint density at radius 3 is 2.58 bits per heavy atom. The van der Waals surface area contributed by atoms with Crippen molar-refractivity contribution in [3.05, 3.63) is 34.2 Å². The zero-order chi connectivity index (χ0) is 19.3. The molecule has 1 heterocycles. The third-order valence-corrected chi connectivity index (χ3v) is 6.13. The van der Waals surface area contributed by atoms with Gasteiger partial charge in [-0.25, -0.2) is 8.78 Å². The van der Waals surface area contributed by atoms with Crippen LogP contribution in [-0.4, -0.2) is 27.7 Å². The lowest BCUT2D eigenvalue weighted by Crippen LogP contribution is -2.50. The van der Waals surface area contributed by atoms with Crippen molar-refractivity contribution in [1.82, 2.24) is 5.32 Å². The highest BCUT2D eigenvalue weighted by Crippen LogP contribution is 2.56. The number of rotatable bonds is 4. The molecule has 0 unspecified atom stereocenters. The van der Waals surface area contributed by atoms with Crippen molar-refractivity contribution in [1.29, 1.82) is 5.26 Å². The Kier molecular flexibility index (Phi) is 4.69. The van der Waals surface area contributed by atoms with Crippen LogP contribution in [0.25, 0.3) is 10.1 Å². The number of benzene rings is 1. The third kappa shape index (κ3) is 3.28. The van der Waals surface area contributed by atoms with Crippen LogP contribution in [0.2, 0.25) is 0 Å². The smallest absolute Gasteiger partial charge is 0.349 e. The molecule has 11 heteroatoms. The monoisotopic (exact) mass is 406 g/mol. The zero-order valence-electron chi connectivity index (χ0n) is 12.8. The molecule has 1 aromatic heterocycles. The lowest BCUT2D eigenvalue weighted by molar-refractivity contribution is -0.0901. The Labute approximate surface area is 149 Å². The van der Waals surface area contributed by atoms with Crippen molar-refractivity contribution in [2.24, 2.45) is 0 Å². The topological polar surface area (TPSA) is 93.3 Å². The Balaban J connectivity index is 1.94. The fourth-order valence-corrected chi connectivity index (χ4v) is 4.37. The Bertz CT molecular complexity index is 917. The van der Waals surface area contributed by atoms with Gasteiger partial charge in [-0.1, -0.05) is 0 Å². The number of alkyl halides is 4. The highest BCUT2D eigenvalue weighted by atomic mass is 32.1. The zero-order valence-corrected chi connectivity index (χ0v) is 14.6. The maximum absolute atomic E-state index is 14.0. The van der Waals surface area contributed by atoms with Gasteiger partial charge in [-0.3, -0.25) is 4.79 Å². The second kappa shape index (κ2) is 6.43. The van der Waals surface area contributed by atoms with Crippen LogP contribution in [0.5, 0.6) is 0 Å². The van der Waals surface area contributed by atoms with E-state index in [9.17, 15) is 27.6 Å². The number of hydrogen-bond donors (Lipinski definition) is 3. The molecule has 138 valence electrons. The van der Waals surface area contributed by atoms with Crippen molar-refractivity contribution in [3.8, 4) is 6.07 Å². The molecule has 0 bridgehead atoms. The number of nitriles is 1. The van der Waals surface area contributed by atoms with Crippen molar-refractivity contribution >= 4 is 35.7 Å². The minimum Gasteiger partial charge on any atom is -0.349 e. The van der Waals surface area contributed by atoms with Gasteiger partial charge in [0.25, 0.3) is 11.8 Å². The van der Waals surface area contributed by atoms with Gasteiger partial charge in [-0.2, -0.15) is 14.0 Å². The van der Waals surface area contributed by atoms with E-state index in [2.05, 4.69) is 5.32 Å². The molecule has 1 aliphatic rings. The quantitative estimate of drug-likeness (QED) is 0.534. The van der Waals surface area contributed by atoms with E-state index in [-0.39, 0.29) is 15.6 Å². The summed E-state index contributed by atoms with van der Waals surface area (Å²) in [5.41, 5.74) is -4.40. The summed E-state index contributed by atoms with van der Waals surface area (Å²) in [6.45, 7) is 0. The molecule has 1 aliphatic carbocycles. The summed E-state index contributed by atoms with van der Waals surface area (Å²) in [7, 11) is -3.64. The number of thiophene rings is 1. The summed E-state index contributed by atoms with van der Waals surface area (Å²) >= 11 is 0.526. The maximum Gasteiger partial charge on any atom is 0.349 e. The van der Waals surface area contributed by atoms with E-state index in [4.69, 9.17) is 9.79 Å². The minimum absolute atomic E-state index is 0.0344. The molecule has 1 saturated carbocycles. The van der Waals surface area contributed by atoms with Crippen LogP contribution in [-0.2, 0) is 5.66 Å². The first-order valence-corrected chi connectivity index (χ1v) is 9.33. The second-order valence-corrected chi connectivity index (χ2v) is 8.09. The molecule has 0 aliphatic heterocycles. The average molecular weight is 406 g/mol. The number of hydrogen-bond acceptors (Lipinski definition) is 5. The SMILES string of the molecule is N#Cc1c(C(F)(F)P(O)O)sc2ccc(C(=O)NC3CC(F)(F)C3)cc12. The summed E-state index contributed by atoms with van der Waals surface area (Å²) in [5.74, 6) is -3.45. The van der Waals surface area contributed by atoms with Crippen molar-refractivity contribution in [3.63, 3.8) is 0 Å². The fourth-order valence-electron chi connectivity index (χ4n) is 2.68. The number of amides is 1. The van der Waals surface area contributed by atoms with E-state index in [1.54, 1.807) is 6.07 Å². The van der Waals surface area contributed by atoms with Crippen LogP contribution in [0.15, 0.2) is 18.2 Å². The first-order valence-electron chi connectivity index (χ1n) is 7.27. The normalized spacial score (nSPS) is 17.2. The van der Waals surface area contributed by atoms with Crippen LogP contribution < -0.4 is 5.32 Å². The molecular formula is C15H11F4N2O3PS. The van der Waals surface area contributed by atoms with Gasteiger partial charge in [0.15, 0.2) is 0 Å². The standard InChI is InChI=1S/C15H11F4N2O3PS/c16-14(17)4-8(5-14)21-13(22)7-1-2-11-9(3-7)10(6-20)12(26-11)15(18,19)25(23)24/h1-3,8,23-24H,4-5H2,(H,21,22). The summed E-state index contributed by atoms with van der Waals surface area (Å²) in [4.78, 5) is 29.2. The molecule has 0 radical (unpaired) electrons. The molecule has 1 amide bonds. The summed E-state index contributed by atoms with van der Waals surface area (Å²) in [5, 5.41) is 11.7. The van der Waals surface area contributed by atoms with Crippen molar-refractivity contribution in [2.45, 2.75) is 30.5 Å². The maximum atomic E-state index is 14.0. The molecule has 5 nitrogen and oxygen atoms in total. The Morgan fingerprint density at radius 2 is 2.04 bits per heavy atom. The van der Waals surface area contributed by atoms with E-state index >= 15 is 0 Å². The average Bonchev–Trinajstić information content (AvgIpc) is 2.91. The predicted octanol–water partition coefficient (Wildman–Crippen LogP) is 3.65. The number of nitrogens with one attached hydrogen (secondary N) is 1. The van der Waals surface area contributed by atoms with E-state index in [0.717, 1.165) is 0 Å².